The van der Waals surface area contributed by atoms with Gasteiger partial charge in [-0.1, -0.05) is 18.5 Å². The van der Waals surface area contributed by atoms with Crippen LogP contribution < -0.4 is 4.74 Å². The van der Waals surface area contributed by atoms with Crippen molar-refractivity contribution >= 4 is 17.4 Å². The molecule has 0 spiro atoms. The third-order valence-corrected chi connectivity index (χ3v) is 2.81. The standard InChI is InChI=1S/C15H14ClNO2/c1-2-9-19-14-8-5-12(10-17-14)15(18)11-3-6-13(16)7-4-11/h3-8,10H,2,9H2,1H3. The largest absolute Gasteiger partial charge is 0.478 e. The van der Waals surface area contributed by atoms with Gasteiger partial charge in [0, 0.05) is 28.4 Å². The Kier molecular flexibility index (Phi) is 4.53. The molecule has 98 valence electrons. The Bertz CT molecular complexity index is 549. The lowest BCUT2D eigenvalue weighted by molar-refractivity contribution is 0.103. The van der Waals surface area contributed by atoms with E-state index in [0.29, 0.717) is 28.6 Å². The lowest BCUT2D eigenvalue weighted by atomic mass is 10.1. The fourth-order valence-corrected chi connectivity index (χ4v) is 1.70. The van der Waals surface area contributed by atoms with Crippen LogP contribution in [0.4, 0.5) is 0 Å². The number of halogens is 1. The molecule has 0 fully saturated rings. The predicted octanol–water partition coefficient (Wildman–Crippen LogP) is 3.75. The van der Waals surface area contributed by atoms with Gasteiger partial charge in [0.1, 0.15) is 0 Å². The smallest absolute Gasteiger partial charge is 0.213 e. The number of ether oxygens (including phenoxy) is 1. The minimum atomic E-state index is -0.0776. The van der Waals surface area contributed by atoms with Crippen molar-refractivity contribution in [1.82, 2.24) is 4.98 Å². The highest BCUT2D eigenvalue weighted by Gasteiger charge is 2.09. The number of benzene rings is 1. The van der Waals surface area contributed by atoms with Crippen molar-refractivity contribution in [3.05, 3.63) is 58.7 Å². The topological polar surface area (TPSA) is 39.2 Å². The van der Waals surface area contributed by atoms with Crippen LogP contribution in [0.5, 0.6) is 5.88 Å². The normalized spacial score (nSPS) is 10.2. The van der Waals surface area contributed by atoms with Crippen LogP contribution in [0.25, 0.3) is 0 Å². The minimum absolute atomic E-state index is 0.0776. The summed E-state index contributed by atoms with van der Waals surface area (Å²) in [6.45, 7) is 2.65. The van der Waals surface area contributed by atoms with Crippen molar-refractivity contribution < 1.29 is 9.53 Å². The molecule has 0 amide bonds. The molecular formula is C15H14ClNO2. The van der Waals surface area contributed by atoms with E-state index in [4.69, 9.17) is 16.3 Å². The Balaban J connectivity index is 2.13. The maximum absolute atomic E-state index is 12.2. The van der Waals surface area contributed by atoms with E-state index in [1.807, 2.05) is 6.92 Å². The maximum Gasteiger partial charge on any atom is 0.213 e. The molecule has 2 aromatic rings. The third kappa shape index (κ3) is 3.55. The fourth-order valence-electron chi connectivity index (χ4n) is 1.57. The van der Waals surface area contributed by atoms with Gasteiger partial charge < -0.3 is 4.74 Å². The van der Waals surface area contributed by atoms with Gasteiger partial charge in [0.05, 0.1) is 6.61 Å². The van der Waals surface area contributed by atoms with E-state index >= 15 is 0 Å². The number of nitrogens with zero attached hydrogens (tertiary/aromatic N) is 1. The maximum atomic E-state index is 12.2. The molecule has 0 aliphatic carbocycles. The zero-order chi connectivity index (χ0) is 13.7. The van der Waals surface area contributed by atoms with Gasteiger partial charge >= 0.3 is 0 Å². The molecule has 0 bridgehead atoms. The van der Waals surface area contributed by atoms with E-state index in [1.54, 1.807) is 36.4 Å². The summed E-state index contributed by atoms with van der Waals surface area (Å²) in [5, 5.41) is 0.609. The van der Waals surface area contributed by atoms with Crippen molar-refractivity contribution in [2.75, 3.05) is 6.61 Å². The first-order valence-corrected chi connectivity index (χ1v) is 6.47. The molecule has 19 heavy (non-hydrogen) atoms. The molecule has 1 heterocycles. The van der Waals surface area contributed by atoms with E-state index in [-0.39, 0.29) is 5.78 Å². The average Bonchev–Trinajstić information content (AvgIpc) is 2.46. The number of aromatic nitrogens is 1. The van der Waals surface area contributed by atoms with E-state index in [9.17, 15) is 4.79 Å². The first kappa shape index (κ1) is 13.6. The fraction of sp³-hybridized carbons (Fsp3) is 0.200. The average molecular weight is 276 g/mol. The van der Waals surface area contributed by atoms with E-state index in [1.165, 1.54) is 6.20 Å². The molecule has 1 aromatic carbocycles. The SMILES string of the molecule is CCCOc1ccc(C(=O)c2ccc(Cl)cc2)cn1. The second-order valence-corrected chi connectivity index (χ2v) is 4.51. The van der Waals surface area contributed by atoms with Crippen LogP contribution in [0.15, 0.2) is 42.6 Å². The highest BCUT2D eigenvalue weighted by Crippen LogP contribution is 2.15. The molecule has 0 unspecified atom stereocenters. The lowest BCUT2D eigenvalue weighted by Crippen LogP contribution is -2.03. The van der Waals surface area contributed by atoms with Crippen molar-refractivity contribution in [2.24, 2.45) is 0 Å². The lowest BCUT2D eigenvalue weighted by Gasteiger charge is -2.04. The van der Waals surface area contributed by atoms with Crippen LogP contribution in [0, 0.1) is 0 Å². The summed E-state index contributed by atoms with van der Waals surface area (Å²) in [4.78, 5) is 16.3. The molecule has 0 radical (unpaired) electrons. The summed E-state index contributed by atoms with van der Waals surface area (Å²) in [5.41, 5.74) is 1.12. The van der Waals surface area contributed by atoms with Gasteiger partial charge in [-0.15, -0.1) is 0 Å². The first-order chi connectivity index (χ1) is 9.20. The van der Waals surface area contributed by atoms with Crippen molar-refractivity contribution in [2.45, 2.75) is 13.3 Å². The number of ketones is 1. The van der Waals surface area contributed by atoms with Gasteiger partial charge in [0.2, 0.25) is 5.88 Å². The zero-order valence-electron chi connectivity index (χ0n) is 10.6. The molecule has 2 rings (SSSR count). The van der Waals surface area contributed by atoms with Crippen molar-refractivity contribution in [3.63, 3.8) is 0 Å². The van der Waals surface area contributed by atoms with Crippen LogP contribution in [-0.4, -0.2) is 17.4 Å². The van der Waals surface area contributed by atoms with Gasteiger partial charge in [0.15, 0.2) is 5.78 Å². The van der Waals surface area contributed by atoms with Crippen molar-refractivity contribution in [3.8, 4) is 5.88 Å². The first-order valence-electron chi connectivity index (χ1n) is 6.10. The molecule has 1 aromatic heterocycles. The van der Waals surface area contributed by atoms with E-state index in [2.05, 4.69) is 4.98 Å². The van der Waals surface area contributed by atoms with Crippen LogP contribution >= 0.6 is 11.6 Å². The molecule has 0 N–H and O–H groups in total. The molecular weight excluding hydrogens is 262 g/mol. The number of pyridine rings is 1. The molecule has 0 aliphatic heterocycles. The molecule has 0 aliphatic rings. The van der Waals surface area contributed by atoms with E-state index in [0.717, 1.165) is 6.42 Å². The number of carbonyl (C=O) groups excluding carboxylic acids is 1. The van der Waals surface area contributed by atoms with Crippen LogP contribution in [0.1, 0.15) is 29.3 Å². The van der Waals surface area contributed by atoms with Gasteiger partial charge in [-0.25, -0.2) is 4.98 Å². The van der Waals surface area contributed by atoms with Gasteiger partial charge in [0.25, 0.3) is 0 Å². The summed E-state index contributed by atoms with van der Waals surface area (Å²) in [5.74, 6) is 0.459. The second-order valence-electron chi connectivity index (χ2n) is 4.07. The Hall–Kier alpha value is -1.87. The summed E-state index contributed by atoms with van der Waals surface area (Å²) >= 11 is 5.79. The van der Waals surface area contributed by atoms with Crippen LogP contribution in [0.2, 0.25) is 5.02 Å². The highest BCUT2D eigenvalue weighted by atomic mass is 35.5. The Morgan fingerprint density at radius 1 is 1.16 bits per heavy atom. The second kappa shape index (κ2) is 6.34. The summed E-state index contributed by atoms with van der Waals surface area (Å²) in [7, 11) is 0. The highest BCUT2D eigenvalue weighted by molar-refractivity contribution is 6.30. The van der Waals surface area contributed by atoms with Gasteiger partial charge in [-0.2, -0.15) is 0 Å². The summed E-state index contributed by atoms with van der Waals surface area (Å²) in [6.07, 6.45) is 2.45. The molecule has 0 atom stereocenters. The van der Waals surface area contributed by atoms with Crippen LogP contribution in [-0.2, 0) is 0 Å². The number of hydrogen-bond donors (Lipinski definition) is 0. The number of rotatable bonds is 5. The summed E-state index contributed by atoms with van der Waals surface area (Å²) < 4.78 is 5.37. The number of carbonyl (C=O) groups is 1. The van der Waals surface area contributed by atoms with Gasteiger partial charge in [-0.05, 0) is 36.8 Å². The monoisotopic (exact) mass is 275 g/mol. The molecule has 4 heteroatoms. The Morgan fingerprint density at radius 2 is 1.84 bits per heavy atom. The molecule has 0 saturated carbocycles. The quantitative estimate of drug-likeness (QED) is 0.780. The molecule has 0 saturated heterocycles. The van der Waals surface area contributed by atoms with Crippen molar-refractivity contribution in [1.29, 1.82) is 0 Å². The number of hydrogen-bond acceptors (Lipinski definition) is 3. The minimum Gasteiger partial charge on any atom is -0.478 e. The van der Waals surface area contributed by atoms with E-state index < -0.39 is 0 Å². The Labute approximate surface area is 117 Å². The predicted molar refractivity (Wildman–Crippen MR) is 74.9 cm³/mol. The molecule has 3 nitrogen and oxygen atoms in total. The third-order valence-electron chi connectivity index (χ3n) is 2.56. The van der Waals surface area contributed by atoms with Crippen LogP contribution in [0.3, 0.4) is 0 Å². The zero-order valence-corrected chi connectivity index (χ0v) is 11.4. The van der Waals surface area contributed by atoms with Gasteiger partial charge in [-0.3, -0.25) is 4.79 Å². The Morgan fingerprint density at radius 3 is 2.42 bits per heavy atom. The summed E-state index contributed by atoms with van der Waals surface area (Å²) in [6, 6.07) is 10.2.